The van der Waals surface area contributed by atoms with E-state index >= 15 is 0 Å². The number of fused-ring (bicyclic) bond motifs is 1. The van der Waals surface area contributed by atoms with Gasteiger partial charge in [-0.15, -0.1) is 0 Å². The molecule has 2 unspecified atom stereocenters. The summed E-state index contributed by atoms with van der Waals surface area (Å²) >= 11 is 0. The molecule has 0 bridgehead atoms. The summed E-state index contributed by atoms with van der Waals surface area (Å²) < 4.78 is 5.68. The van der Waals surface area contributed by atoms with Crippen LogP contribution < -0.4 is 5.32 Å². The minimum atomic E-state index is -0.368. The standard InChI is InChI=1S/C25H27N3O5/c1-16-14-27(15-17(2)33-16)23(30)19-9-7-18(8-10-19)13-26-22(29)11-12-28-24(31)20-5-3-4-6-21(20)25(28)32/h3-10,16-17H,11-15H2,1-2H3,(H,26,29). The Labute approximate surface area is 192 Å². The predicted octanol–water partition coefficient (Wildman–Crippen LogP) is 2.24. The van der Waals surface area contributed by atoms with Crippen LogP contribution in [0.15, 0.2) is 48.5 Å². The van der Waals surface area contributed by atoms with Crippen LogP contribution in [0.2, 0.25) is 0 Å². The average molecular weight is 450 g/mol. The van der Waals surface area contributed by atoms with E-state index in [0.29, 0.717) is 36.3 Å². The number of carbonyl (C=O) groups is 4. The van der Waals surface area contributed by atoms with Crippen molar-refractivity contribution in [3.05, 3.63) is 70.8 Å². The van der Waals surface area contributed by atoms with Gasteiger partial charge in [-0.3, -0.25) is 24.1 Å². The van der Waals surface area contributed by atoms with E-state index in [1.165, 1.54) is 0 Å². The second-order valence-electron chi connectivity index (χ2n) is 8.50. The Hall–Kier alpha value is -3.52. The summed E-state index contributed by atoms with van der Waals surface area (Å²) in [6.45, 7) is 5.36. The number of ether oxygens (including phenoxy) is 1. The fraction of sp³-hybridized carbons (Fsp3) is 0.360. The van der Waals surface area contributed by atoms with Crippen molar-refractivity contribution in [3.63, 3.8) is 0 Å². The van der Waals surface area contributed by atoms with Gasteiger partial charge in [0.2, 0.25) is 5.91 Å². The lowest BCUT2D eigenvalue weighted by Gasteiger charge is -2.35. The summed E-state index contributed by atoms with van der Waals surface area (Å²) in [7, 11) is 0. The lowest BCUT2D eigenvalue weighted by atomic mass is 10.1. The van der Waals surface area contributed by atoms with Gasteiger partial charge >= 0.3 is 0 Å². The third-order valence-corrected chi connectivity index (χ3v) is 5.84. The molecule has 1 fully saturated rings. The lowest BCUT2D eigenvalue weighted by Crippen LogP contribution is -2.48. The summed E-state index contributed by atoms with van der Waals surface area (Å²) in [6.07, 6.45) is 0.0371. The first kappa shape index (κ1) is 22.7. The summed E-state index contributed by atoms with van der Waals surface area (Å²) in [5.41, 5.74) is 2.19. The molecule has 2 aromatic rings. The fourth-order valence-corrected chi connectivity index (χ4v) is 4.24. The average Bonchev–Trinajstić information content (AvgIpc) is 3.05. The number of rotatable bonds is 6. The Morgan fingerprint density at radius 1 is 0.939 bits per heavy atom. The summed E-state index contributed by atoms with van der Waals surface area (Å²) in [6, 6.07) is 13.8. The Bertz CT molecular complexity index is 1040. The highest BCUT2D eigenvalue weighted by Gasteiger charge is 2.35. The second kappa shape index (κ2) is 9.54. The Kier molecular flexibility index (Phi) is 6.55. The minimum Gasteiger partial charge on any atom is -0.372 e. The molecule has 4 amide bonds. The van der Waals surface area contributed by atoms with Gasteiger partial charge in [0.15, 0.2) is 0 Å². The van der Waals surface area contributed by atoms with Crippen LogP contribution in [0, 0.1) is 0 Å². The summed E-state index contributed by atoms with van der Waals surface area (Å²) in [4.78, 5) is 52.7. The number of nitrogens with zero attached hydrogens (tertiary/aromatic N) is 2. The first-order valence-electron chi connectivity index (χ1n) is 11.1. The zero-order valence-corrected chi connectivity index (χ0v) is 18.7. The third-order valence-electron chi connectivity index (χ3n) is 5.84. The number of nitrogens with one attached hydrogen (secondary N) is 1. The van der Waals surface area contributed by atoms with Crippen molar-refractivity contribution in [2.45, 2.75) is 39.0 Å². The molecule has 2 aromatic carbocycles. The molecule has 0 spiro atoms. The van der Waals surface area contributed by atoms with Crippen LogP contribution in [0.4, 0.5) is 0 Å². The van der Waals surface area contributed by atoms with Crippen molar-refractivity contribution in [1.29, 1.82) is 0 Å². The zero-order valence-electron chi connectivity index (χ0n) is 18.7. The van der Waals surface area contributed by atoms with Crippen LogP contribution in [0.1, 0.15) is 56.9 Å². The largest absolute Gasteiger partial charge is 0.372 e. The molecular weight excluding hydrogens is 422 g/mol. The molecule has 0 radical (unpaired) electrons. The topological polar surface area (TPSA) is 96.0 Å². The smallest absolute Gasteiger partial charge is 0.261 e. The van der Waals surface area contributed by atoms with Crippen LogP contribution in [-0.4, -0.2) is 65.3 Å². The molecular formula is C25H27N3O5. The van der Waals surface area contributed by atoms with E-state index < -0.39 is 0 Å². The van der Waals surface area contributed by atoms with E-state index in [4.69, 9.17) is 4.74 Å². The number of hydrogen-bond acceptors (Lipinski definition) is 5. The maximum absolute atomic E-state index is 12.8. The van der Waals surface area contributed by atoms with Gasteiger partial charge < -0.3 is 15.0 Å². The normalized spacial score (nSPS) is 20.1. The molecule has 0 aliphatic carbocycles. The minimum absolute atomic E-state index is 0.00694. The fourth-order valence-electron chi connectivity index (χ4n) is 4.24. The van der Waals surface area contributed by atoms with Gasteiger partial charge in [0.25, 0.3) is 17.7 Å². The zero-order chi connectivity index (χ0) is 23.5. The van der Waals surface area contributed by atoms with Gasteiger partial charge in [0.05, 0.1) is 23.3 Å². The van der Waals surface area contributed by atoms with Gasteiger partial charge in [0.1, 0.15) is 0 Å². The van der Waals surface area contributed by atoms with Crippen molar-refractivity contribution < 1.29 is 23.9 Å². The van der Waals surface area contributed by atoms with Crippen LogP contribution in [-0.2, 0) is 16.1 Å². The number of benzene rings is 2. The van der Waals surface area contributed by atoms with Crippen LogP contribution in [0.5, 0.6) is 0 Å². The van der Waals surface area contributed by atoms with Crippen molar-refractivity contribution in [3.8, 4) is 0 Å². The number of amides is 4. The lowest BCUT2D eigenvalue weighted by molar-refractivity contribution is -0.121. The molecule has 8 nitrogen and oxygen atoms in total. The molecule has 0 aromatic heterocycles. The predicted molar refractivity (Wildman–Crippen MR) is 121 cm³/mol. The van der Waals surface area contributed by atoms with Crippen molar-refractivity contribution in [1.82, 2.24) is 15.1 Å². The van der Waals surface area contributed by atoms with E-state index in [-0.39, 0.29) is 48.8 Å². The molecule has 2 heterocycles. The highest BCUT2D eigenvalue weighted by atomic mass is 16.5. The molecule has 0 saturated carbocycles. The van der Waals surface area contributed by atoms with Gasteiger partial charge in [-0.2, -0.15) is 0 Å². The second-order valence-corrected chi connectivity index (χ2v) is 8.50. The molecule has 2 aliphatic rings. The molecule has 2 atom stereocenters. The van der Waals surface area contributed by atoms with Crippen molar-refractivity contribution in [2.24, 2.45) is 0 Å². The molecule has 1 saturated heterocycles. The van der Waals surface area contributed by atoms with Gasteiger partial charge in [-0.1, -0.05) is 24.3 Å². The molecule has 4 rings (SSSR count). The molecule has 2 aliphatic heterocycles. The highest BCUT2D eigenvalue weighted by molar-refractivity contribution is 6.21. The molecule has 8 heteroatoms. The van der Waals surface area contributed by atoms with Crippen molar-refractivity contribution in [2.75, 3.05) is 19.6 Å². The van der Waals surface area contributed by atoms with E-state index in [9.17, 15) is 19.2 Å². The number of morpholine rings is 1. The Morgan fingerprint density at radius 2 is 1.52 bits per heavy atom. The van der Waals surface area contributed by atoms with E-state index in [0.717, 1.165) is 10.5 Å². The van der Waals surface area contributed by atoms with Crippen molar-refractivity contribution >= 4 is 23.6 Å². The van der Waals surface area contributed by atoms with Crippen LogP contribution in [0.3, 0.4) is 0 Å². The van der Waals surface area contributed by atoms with Gasteiger partial charge in [-0.25, -0.2) is 0 Å². The van der Waals surface area contributed by atoms with E-state index in [1.54, 1.807) is 41.3 Å². The number of imide groups is 1. The quantitative estimate of drug-likeness (QED) is 0.683. The Morgan fingerprint density at radius 3 is 2.09 bits per heavy atom. The van der Waals surface area contributed by atoms with Crippen LogP contribution >= 0.6 is 0 Å². The maximum atomic E-state index is 12.8. The van der Waals surface area contributed by atoms with Crippen LogP contribution in [0.25, 0.3) is 0 Å². The molecule has 33 heavy (non-hydrogen) atoms. The first-order valence-corrected chi connectivity index (χ1v) is 11.1. The summed E-state index contributed by atoms with van der Waals surface area (Å²) in [5, 5.41) is 2.80. The highest BCUT2D eigenvalue weighted by Crippen LogP contribution is 2.22. The third kappa shape index (κ3) is 4.96. The Balaban J connectivity index is 1.26. The van der Waals surface area contributed by atoms with Gasteiger partial charge in [0, 0.05) is 38.2 Å². The number of hydrogen-bond donors (Lipinski definition) is 1. The SMILES string of the molecule is CC1CN(C(=O)c2ccc(CNC(=O)CCN3C(=O)c4ccccc4C3=O)cc2)CC(C)O1. The van der Waals surface area contributed by atoms with Gasteiger partial charge in [-0.05, 0) is 43.7 Å². The monoisotopic (exact) mass is 449 g/mol. The number of carbonyl (C=O) groups excluding carboxylic acids is 4. The van der Waals surface area contributed by atoms with E-state index in [2.05, 4.69) is 5.32 Å². The van der Waals surface area contributed by atoms with E-state index in [1.807, 2.05) is 26.0 Å². The first-order chi connectivity index (χ1) is 15.8. The summed E-state index contributed by atoms with van der Waals surface area (Å²) in [5.74, 6) is -1.03. The maximum Gasteiger partial charge on any atom is 0.261 e. The molecule has 172 valence electrons. The molecule has 1 N–H and O–H groups in total.